The van der Waals surface area contributed by atoms with Gasteiger partial charge in [-0.1, -0.05) is 151 Å². The van der Waals surface area contributed by atoms with Gasteiger partial charge in [0.2, 0.25) is 0 Å². The number of hydrogen-bond acceptors (Lipinski definition) is 3. The number of benzene rings is 4. The van der Waals surface area contributed by atoms with E-state index >= 15 is 0 Å². The van der Waals surface area contributed by atoms with Crippen molar-refractivity contribution < 1.29 is 12.6 Å². The molecule has 0 radical (unpaired) electrons. The van der Waals surface area contributed by atoms with E-state index in [1.807, 2.05) is 24.3 Å². The van der Waals surface area contributed by atoms with Gasteiger partial charge in [-0.15, -0.1) is 0 Å². The maximum Gasteiger partial charge on any atom is 0.306 e. The quantitative estimate of drug-likeness (QED) is 0.213. The molecule has 3 nitrogen and oxygen atoms in total. The van der Waals surface area contributed by atoms with Gasteiger partial charge in [0.1, 0.15) is 5.75 Å². The van der Waals surface area contributed by atoms with Crippen LogP contribution in [0.15, 0.2) is 115 Å². The summed E-state index contributed by atoms with van der Waals surface area (Å²) in [5.74, 6) is 2.03. The van der Waals surface area contributed by atoms with E-state index in [2.05, 4.69) is 126 Å². The molecule has 0 N–H and O–H groups in total. The topological polar surface area (TPSA) is 43.4 Å². The minimum absolute atomic E-state index is 0.358. The number of allylic oxidation sites excluding steroid dienone is 1. The molecule has 0 bridgehead atoms. The highest BCUT2D eigenvalue weighted by Crippen LogP contribution is 2.22. The zero-order valence-corrected chi connectivity index (χ0v) is 25.7. The average Bonchev–Trinajstić information content (AvgIpc) is 2.93. The van der Waals surface area contributed by atoms with Gasteiger partial charge < -0.3 is 4.18 Å². The molecule has 4 heteroatoms. The summed E-state index contributed by atoms with van der Waals surface area (Å²) in [5, 5.41) is 0. The van der Waals surface area contributed by atoms with E-state index in [1.165, 1.54) is 22.3 Å². The maximum absolute atomic E-state index is 10.8. The zero-order chi connectivity index (χ0) is 29.5. The SMILES string of the molecule is CC(C)/C=C/c1ccccc1.CC(C)c1ccc(-c2ccccc2)cc1.CC(C)c1ccc(OS(C)(=O)=O)cc1. The van der Waals surface area contributed by atoms with Gasteiger partial charge in [0.15, 0.2) is 0 Å². The first kappa shape index (κ1) is 32.6. The first-order valence-electron chi connectivity index (χ1n) is 13.8. The lowest BCUT2D eigenvalue weighted by molar-refractivity contribution is 0.493. The highest BCUT2D eigenvalue weighted by molar-refractivity contribution is 7.86. The van der Waals surface area contributed by atoms with Crippen LogP contribution in [0.2, 0.25) is 0 Å². The van der Waals surface area contributed by atoms with E-state index in [0.29, 0.717) is 23.5 Å². The molecule has 0 fully saturated rings. The van der Waals surface area contributed by atoms with Crippen LogP contribution in [0.5, 0.6) is 5.75 Å². The molecule has 0 aliphatic heterocycles. The molecule has 0 saturated carbocycles. The monoisotopic (exact) mass is 556 g/mol. The van der Waals surface area contributed by atoms with Gasteiger partial charge in [-0.2, -0.15) is 8.42 Å². The summed E-state index contributed by atoms with van der Waals surface area (Å²) < 4.78 is 26.3. The molecular formula is C36H44O3S. The smallest absolute Gasteiger partial charge is 0.306 e. The van der Waals surface area contributed by atoms with Crippen molar-refractivity contribution in [3.63, 3.8) is 0 Å². The molecule has 0 heterocycles. The first-order valence-corrected chi connectivity index (χ1v) is 15.6. The van der Waals surface area contributed by atoms with Crippen LogP contribution >= 0.6 is 0 Å². The highest BCUT2D eigenvalue weighted by Gasteiger charge is 2.05. The third kappa shape index (κ3) is 12.9. The Morgan fingerprint density at radius 1 is 0.575 bits per heavy atom. The molecule has 0 saturated heterocycles. The molecule has 0 spiro atoms. The molecule has 4 aromatic rings. The van der Waals surface area contributed by atoms with Gasteiger partial charge in [0.05, 0.1) is 6.26 Å². The van der Waals surface area contributed by atoms with Crippen LogP contribution < -0.4 is 4.18 Å². The molecule has 4 rings (SSSR count). The van der Waals surface area contributed by atoms with E-state index in [9.17, 15) is 8.42 Å². The van der Waals surface area contributed by atoms with E-state index in [0.717, 1.165) is 11.8 Å². The van der Waals surface area contributed by atoms with Crippen LogP contribution in [0.3, 0.4) is 0 Å². The lowest BCUT2D eigenvalue weighted by atomic mass is 9.99. The van der Waals surface area contributed by atoms with E-state index in [1.54, 1.807) is 12.1 Å². The minimum atomic E-state index is -3.41. The molecular weight excluding hydrogens is 512 g/mol. The fraction of sp³-hybridized carbons (Fsp3) is 0.278. The van der Waals surface area contributed by atoms with Crippen LogP contribution in [0.25, 0.3) is 17.2 Å². The molecule has 0 aliphatic rings. The number of rotatable bonds is 7. The van der Waals surface area contributed by atoms with Gasteiger partial charge >= 0.3 is 10.1 Å². The van der Waals surface area contributed by atoms with Gasteiger partial charge in [0, 0.05) is 0 Å². The van der Waals surface area contributed by atoms with E-state index in [-0.39, 0.29) is 0 Å². The molecule has 0 amide bonds. The Balaban J connectivity index is 0.000000213. The van der Waals surface area contributed by atoms with Crippen LogP contribution in [0.1, 0.15) is 70.1 Å². The second-order valence-corrected chi connectivity index (χ2v) is 12.2. The van der Waals surface area contributed by atoms with Gasteiger partial charge in [-0.05, 0) is 57.7 Å². The average molecular weight is 557 g/mol. The minimum Gasteiger partial charge on any atom is -0.383 e. The fourth-order valence-electron chi connectivity index (χ4n) is 3.64. The van der Waals surface area contributed by atoms with Crippen molar-refractivity contribution in [2.75, 3.05) is 6.26 Å². The van der Waals surface area contributed by atoms with Crippen molar-refractivity contribution in [3.8, 4) is 16.9 Å². The highest BCUT2D eigenvalue weighted by atomic mass is 32.2. The molecule has 0 aliphatic carbocycles. The summed E-state index contributed by atoms with van der Waals surface area (Å²) >= 11 is 0. The Morgan fingerprint density at radius 3 is 1.43 bits per heavy atom. The summed E-state index contributed by atoms with van der Waals surface area (Å²) in [7, 11) is -3.41. The molecule has 40 heavy (non-hydrogen) atoms. The molecule has 212 valence electrons. The molecule has 0 atom stereocenters. The van der Waals surface area contributed by atoms with E-state index < -0.39 is 10.1 Å². The van der Waals surface area contributed by atoms with Crippen molar-refractivity contribution in [1.29, 1.82) is 0 Å². The standard InChI is InChI=1S/C15H16.C11H14.C10H14O3S/c1-12(2)13-8-10-15(11-9-13)14-6-4-3-5-7-14;1-10(2)8-9-11-6-4-3-5-7-11;1-8(2)9-4-6-10(7-5-9)13-14(3,11)12/h3-12H,1-2H3;3-10H,1-2H3;4-8H,1-3H3/b;9-8+;. The Bertz CT molecular complexity index is 1370. The van der Waals surface area contributed by atoms with Crippen LogP contribution in [-0.4, -0.2) is 14.7 Å². The summed E-state index contributed by atoms with van der Waals surface area (Å²) in [5.41, 5.74) is 6.41. The van der Waals surface area contributed by atoms with E-state index in [4.69, 9.17) is 4.18 Å². The Hall–Kier alpha value is -3.63. The van der Waals surface area contributed by atoms with Crippen molar-refractivity contribution >= 4 is 16.2 Å². The summed E-state index contributed by atoms with van der Waals surface area (Å²) in [4.78, 5) is 0. The Kier molecular flexibility index (Phi) is 13.4. The molecule has 0 unspecified atom stereocenters. The van der Waals surface area contributed by atoms with Crippen LogP contribution in [0.4, 0.5) is 0 Å². The summed E-state index contributed by atoms with van der Waals surface area (Å²) in [6.07, 6.45) is 5.39. The lowest BCUT2D eigenvalue weighted by Crippen LogP contribution is -2.05. The van der Waals surface area contributed by atoms with Crippen molar-refractivity contribution in [2.45, 2.75) is 53.4 Å². The predicted molar refractivity (Wildman–Crippen MR) is 172 cm³/mol. The van der Waals surface area contributed by atoms with Gasteiger partial charge in [-0.25, -0.2) is 0 Å². The molecule has 4 aromatic carbocycles. The Labute approximate surface area is 242 Å². The molecule has 0 aromatic heterocycles. The van der Waals surface area contributed by atoms with Crippen LogP contribution in [0, 0.1) is 5.92 Å². The van der Waals surface area contributed by atoms with Crippen molar-refractivity contribution in [2.24, 2.45) is 5.92 Å². The largest absolute Gasteiger partial charge is 0.383 e. The van der Waals surface area contributed by atoms with Crippen LogP contribution in [-0.2, 0) is 10.1 Å². The normalized spacial score (nSPS) is 11.2. The maximum atomic E-state index is 10.8. The zero-order valence-electron chi connectivity index (χ0n) is 24.9. The second-order valence-electron chi connectivity index (χ2n) is 10.7. The number of hydrogen-bond donors (Lipinski definition) is 0. The summed E-state index contributed by atoms with van der Waals surface area (Å²) in [6, 6.07) is 36.7. The van der Waals surface area contributed by atoms with Gasteiger partial charge in [0.25, 0.3) is 0 Å². The third-order valence-electron chi connectivity index (χ3n) is 5.95. The fourth-order valence-corrected chi connectivity index (χ4v) is 4.10. The third-order valence-corrected chi connectivity index (χ3v) is 6.45. The van der Waals surface area contributed by atoms with Crippen molar-refractivity contribution in [3.05, 3.63) is 132 Å². The van der Waals surface area contributed by atoms with Crippen molar-refractivity contribution in [1.82, 2.24) is 0 Å². The van der Waals surface area contributed by atoms with Gasteiger partial charge in [-0.3, -0.25) is 0 Å². The first-order chi connectivity index (χ1) is 18.9. The Morgan fingerprint density at radius 2 is 1.00 bits per heavy atom. The predicted octanol–water partition coefficient (Wildman–Crippen LogP) is 9.98. The summed E-state index contributed by atoms with van der Waals surface area (Å²) in [6.45, 7) is 13.0. The lowest BCUT2D eigenvalue weighted by Gasteiger charge is -2.06. The second kappa shape index (κ2) is 16.5.